The number of Topliss-reactive ketones (excluding diaryl/α,β-unsaturated/α-hetero) is 1. The summed E-state index contributed by atoms with van der Waals surface area (Å²) in [5.41, 5.74) is 1.16. The molecule has 1 N–H and O–H groups in total. The monoisotopic (exact) mass is 319 g/mol. The molecule has 1 saturated carbocycles. The van der Waals surface area contributed by atoms with Gasteiger partial charge < -0.3 is 14.8 Å². The van der Waals surface area contributed by atoms with Gasteiger partial charge in [-0.05, 0) is 43.9 Å². The first-order valence-electron chi connectivity index (χ1n) is 8.34. The molecule has 0 aliphatic heterocycles. The van der Waals surface area contributed by atoms with E-state index in [2.05, 4.69) is 5.32 Å². The van der Waals surface area contributed by atoms with Crippen molar-refractivity contribution in [2.24, 2.45) is 5.92 Å². The Kier molecular flexibility index (Phi) is 6.91. The van der Waals surface area contributed by atoms with E-state index >= 15 is 0 Å². The fourth-order valence-electron chi connectivity index (χ4n) is 2.77. The summed E-state index contributed by atoms with van der Waals surface area (Å²) in [7, 11) is 0. The molecule has 1 aliphatic carbocycles. The van der Waals surface area contributed by atoms with Gasteiger partial charge in [-0.3, -0.25) is 4.79 Å². The number of ketones is 1. The molecule has 1 aliphatic rings. The van der Waals surface area contributed by atoms with Crippen LogP contribution in [0.15, 0.2) is 24.3 Å². The first kappa shape index (κ1) is 17.3. The minimum atomic E-state index is -0.427. The van der Waals surface area contributed by atoms with Crippen LogP contribution in [-0.2, 0) is 16.0 Å². The molecule has 5 heteroatoms. The zero-order valence-electron chi connectivity index (χ0n) is 13.7. The summed E-state index contributed by atoms with van der Waals surface area (Å²) in [6, 6.07) is 7.80. The average Bonchev–Trinajstić information content (AvgIpc) is 2.55. The minimum absolute atomic E-state index is 0.181. The third kappa shape index (κ3) is 5.93. The van der Waals surface area contributed by atoms with E-state index in [0.717, 1.165) is 43.4 Å². The van der Waals surface area contributed by atoms with Crippen LogP contribution in [0.1, 0.15) is 38.2 Å². The second kappa shape index (κ2) is 9.18. The SMILES string of the molecule is CCNC(=O)OCCOc1ccc(CC2CCCCC2=O)cc1. The molecule has 1 unspecified atom stereocenters. The van der Waals surface area contributed by atoms with Crippen LogP contribution in [0.5, 0.6) is 5.75 Å². The normalized spacial score (nSPS) is 17.6. The van der Waals surface area contributed by atoms with Crippen LogP contribution < -0.4 is 10.1 Å². The van der Waals surface area contributed by atoms with Gasteiger partial charge in [0.1, 0.15) is 24.7 Å². The second-order valence-corrected chi connectivity index (χ2v) is 5.77. The lowest BCUT2D eigenvalue weighted by atomic mass is 9.84. The van der Waals surface area contributed by atoms with Gasteiger partial charge in [-0.15, -0.1) is 0 Å². The highest BCUT2D eigenvalue weighted by Gasteiger charge is 2.22. The summed E-state index contributed by atoms with van der Waals surface area (Å²) < 4.78 is 10.5. The Hall–Kier alpha value is -2.04. The van der Waals surface area contributed by atoms with Gasteiger partial charge >= 0.3 is 6.09 Å². The topological polar surface area (TPSA) is 64.6 Å². The Bertz CT molecular complexity index is 512. The summed E-state index contributed by atoms with van der Waals surface area (Å²) >= 11 is 0. The van der Waals surface area contributed by atoms with Gasteiger partial charge in [-0.2, -0.15) is 0 Å². The maximum absolute atomic E-state index is 11.9. The second-order valence-electron chi connectivity index (χ2n) is 5.77. The van der Waals surface area contributed by atoms with Crippen molar-refractivity contribution in [3.63, 3.8) is 0 Å². The van der Waals surface area contributed by atoms with Crippen molar-refractivity contribution in [2.75, 3.05) is 19.8 Å². The lowest BCUT2D eigenvalue weighted by molar-refractivity contribution is -0.124. The lowest BCUT2D eigenvalue weighted by Crippen LogP contribution is -2.25. The zero-order chi connectivity index (χ0) is 16.5. The average molecular weight is 319 g/mol. The molecule has 1 aromatic rings. The van der Waals surface area contributed by atoms with Crippen molar-refractivity contribution in [1.82, 2.24) is 5.32 Å². The van der Waals surface area contributed by atoms with E-state index in [0.29, 0.717) is 18.9 Å². The quantitative estimate of drug-likeness (QED) is 0.784. The van der Waals surface area contributed by atoms with Crippen molar-refractivity contribution >= 4 is 11.9 Å². The van der Waals surface area contributed by atoms with Gasteiger partial charge in [-0.1, -0.05) is 18.6 Å². The van der Waals surface area contributed by atoms with Crippen LogP contribution >= 0.6 is 0 Å². The summed E-state index contributed by atoms with van der Waals surface area (Å²) in [4.78, 5) is 23.0. The first-order valence-corrected chi connectivity index (χ1v) is 8.34. The molecule has 0 aromatic heterocycles. The Morgan fingerprint density at radius 3 is 2.70 bits per heavy atom. The van der Waals surface area contributed by atoms with Crippen LogP contribution in [0.4, 0.5) is 4.79 Å². The largest absolute Gasteiger partial charge is 0.490 e. The number of hydrogen-bond donors (Lipinski definition) is 1. The standard InChI is InChI=1S/C18H25NO4/c1-2-19-18(21)23-12-11-22-16-9-7-14(8-10-16)13-15-5-3-4-6-17(15)20/h7-10,15H,2-6,11-13H2,1H3,(H,19,21). The number of carbonyl (C=O) groups excluding carboxylic acids is 2. The molecule has 0 radical (unpaired) electrons. The van der Waals surface area contributed by atoms with Crippen LogP contribution in [0.25, 0.3) is 0 Å². The van der Waals surface area contributed by atoms with Crippen molar-refractivity contribution in [1.29, 1.82) is 0 Å². The molecular formula is C18H25NO4. The molecule has 1 fully saturated rings. The van der Waals surface area contributed by atoms with Crippen LogP contribution in [0.3, 0.4) is 0 Å². The van der Waals surface area contributed by atoms with E-state index in [9.17, 15) is 9.59 Å². The predicted octanol–water partition coefficient (Wildman–Crippen LogP) is 3.11. The van der Waals surface area contributed by atoms with Gasteiger partial charge in [0.25, 0.3) is 0 Å². The Balaban J connectivity index is 1.71. The fraction of sp³-hybridized carbons (Fsp3) is 0.556. The van der Waals surface area contributed by atoms with Gasteiger partial charge in [0.05, 0.1) is 0 Å². The van der Waals surface area contributed by atoms with Crippen molar-refractivity contribution in [3.8, 4) is 5.75 Å². The van der Waals surface area contributed by atoms with E-state index in [1.165, 1.54) is 0 Å². The van der Waals surface area contributed by atoms with Gasteiger partial charge in [0.2, 0.25) is 0 Å². The van der Waals surface area contributed by atoms with Crippen LogP contribution in [-0.4, -0.2) is 31.6 Å². The summed E-state index contributed by atoms with van der Waals surface area (Å²) in [6.07, 6.45) is 4.33. The van der Waals surface area contributed by atoms with E-state index in [1.807, 2.05) is 31.2 Å². The van der Waals surface area contributed by atoms with Gasteiger partial charge in [-0.25, -0.2) is 4.79 Å². The Morgan fingerprint density at radius 2 is 2.00 bits per heavy atom. The molecule has 126 valence electrons. The van der Waals surface area contributed by atoms with E-state index in [1.54, 1.807) is 0 Å². The number of nitrogens with one attached hydrogen (secondary N) is 1. The molecule has 23 heavy (non-hydrogen) atoms. The highest BCUT2D eigenvalue weighted by atomic mass is 16.6. The smallest absolute Gasteiger partial charge is 0.407 e. The molecule has 1 amide bonds. The molecule has 2 rings (SSSR count). The molecule has 0 bridgehead atoms. The van der Waals surface area contributed by atoms with Crippen LogP contribution in [0.2, 0.25) is 0 Å². The molecule has 0 spiro atoms. The van der Waals surface area contributed by atoms with E-state index in [4.69, 9.17) is 9.47 Å². The lowest BCUT2D eigenvalue weighted by Gasteiger charge is -2.20. The maximum atomic E-state index is 11.9. The molecule has 0 saturated heterocycles. The van der Waals surface area contributed by atoms with Crippen molar-refractivity contribution in [3.05, 3.63) is 29.8 Å². The molecule has 1 atom stereocenters. The number of benzene rings is 1. The zero-order valence-corrected chi connectivity index (χ0v) is 13.7. The predicted molar refractivity (Wildman–Crippen MR) is 87.6 cm³/mol. The summed E-state index contributed by atoms with van der Waals surface area (Å²) in [6.45, 7) is 2.91. The Labute approximate surface area is 137 Å². The van der Waals surface area contributed by atoms with Crippen LogP contribution in [0, 0.1) is 5.92 Å². The molecule has 1 aromatic carbocycles. The Morgan fingerprint density at radius 1 is 1.22 bits per heavy atom. The maximum Gasteiger partial charge on any atom is 0.407 e. The fourth-order valence-corrected chi connectivity index (χ4v) is 2.77. The number of carbonyl (C=O) groups is 2. The minimum Gasteiger partial charge on any atom is -0.490 e. The molecular weight excluding hydrogens is 294 g/mol. The van der Waals surface area contributed by atoms with Crippen molar-refractivity contribution < 1.29 is 19.1 Å². The van der Waals surface area contributed by atoms with E-state index in [-0.39, 0.29) is 12.5 Å². The van der Waals surface area contributed by atoms with Gasteiger partial charge in [0, 0.05) is 18.9 Å². The number of alkyl carbamates (subject to hydrolysis) is 1. The number of hydrogen-bond acceptors (Lipinski definition) is 4. The third-order valence-corrected chi connectivity index (χ3v) is 3.99. The molecule has 5 nitrogen and oxygen atoms in total. The van der Waals surface area contributed by atoms with Crippen molar-refractivity contribution in [2.45, 2.75) is 39.0 Å². The van der Waals surface area contributed by atoms with E-state index < -0.39 is 6.09 Å². The number of amides is 1. The number of ether oxygens (including phenoxy) is 2. The van der Waals surface area contributed by atoms with Gasteiger partial charge in [0.15, 0.2) is 0 Å². The highest BCUT2D eigenvalue weighted by Crippen LogP contribution is 2.25. The highest BCUT2D eigenvalue weighted by molar-refractivity contribution is 5.81. The first-order chi connectivity index (χ1) is 11.2. The molecule has 0 heterocycles. The third-order valence-electron chi connectivity index (χ3n) is 3.99. The summed E-state index contributed by atoms with van der Waals surface area (Å²) in [5.74, 6) is 1.32. The summed E-state index contributed by atoms with van der Waals surface area (Å²) in [5, 5.41) is 2.55. The number of rotatable bonds is 7.